The Labute approximate surface area is 94.8 Å². The Balaban J connectivity index is 2.08. The van der Waals surface area contributed by atoms with Gasteiger partial charge in [-0.15, -0.1) is 0 Å². The van der Waals surface area contributed by atoms with Crippen molar-refractivity contribution in [2.75, 3.05) is 13.2 Å². The highest BCUT2D eigenvalue weighted by atomic mass is 16.5. The predicted octanol–water partition coefficient (Wildman–Crippen LogP) is 2.97. The molecular weight excluding hydrogens is 186 g/mol. The summed E-state index contributed by atoms with van der Waals surface area (Å²) in [5.41, 5.74) is 0. The summed E-state index contributed by atoms with van der Waals surface area (Å²) in [5, 5.41) is 3.64. The molecule has 2 heteroatoms. The van der Waals surface area contributed by atoms with Crippen molar-refractivity contribution < 1.29 is 4.74 Å². The Hall–Kier alpha value is -0.0800. The van der Waals surface area contributed by atoms with Crippen LogP contribution in [0.1, 0.15) is 52.9 Å². The van der Waals surface area contributed by atoms with Gasteiger partial charge in [-0.3, -0.25) is 0 Å². The molecule has 1 fully saturated rings. The Morgan fingerprint density at radius 1 is 1.33 bits per heavy atom. The van der Waals surface area contributed by atoms with Crippen molar-refractivity contribution in [3.8, 4) is 0 Å². The molecule has 0 aromatic rings. The lowest BCUT2D eigenvalue weighted by Crippen LogP contribution is -2.35. The molecule has 0 amide bonds. The number of nitrogens with one attached hydrogen (secondary N) is 1. The molecule has 1 saturated heterocycles. The summed E-state index contributed by atoms with van der Waals surface area (Å²) < 4.78 is 5.71. The van der Waals surface area contributed by atoms with Gasteiger partial charge < -0.3 is 10.1 Å². The highest BCUT2D eigenvalue weighted by Crippen LogP contribution is 2.15. The third kappa shape index (κ3) is 4.98. The third-order valence-electron chi connectivity index (χ3n) is 3.39. The van der Waals surface area contributed by atoms with Gasteiger partial charge in [0.1, 0.15) is 0 Å². The first-order valence-corrected chi connectivity index (χ1v) is 6.59. The number of ether oxygens (including phenoxy) is 1. The topological polar surface area (TPSA) is 21.3 Å². The Morgan fingerprint density at radius 3 is 2.67 bits per heavy atom. The molecule has 1 aliphatic heterocycles. The second-order valence-electron chi connectivity index (χ2n) is 4.99. The maximum atomic E-state index is 5.71. The highest BCUT2D eigenvalue weighted by Gasteiger charge is 2.15. The zero-order valence-corrected chi connectivity index (χ0v) is 10.6. The van der Waals surface area contributed by atoms with E-state index in [0.717, 1.165) is 19.1 Å². The first kappa shape index (κ1) is 13.0. The average molecular weight is 213 g/mol. The average Bonchev–Trinajstić information content (AvgIpc) is 2.25. The fraction of sp³-hybridized carbons (Fsp3) is 1.00. The van der Waals surface area contributed by atoms with Gasteiger partial charge in [-0.1, -0.05) is 20.8 Å². The molecule has 0 saturated carbocycles. The molecule has 1 N–H and O–H groups in total. The molecule has 2 nitrogen and oxygen atoms in total. The summed E-state index contributed by atoms with van der Waals surface area (Å²) in [7, 11) is 0. The maximum absolute atomic E-state index is 5.71. The van der Waals surface area contributed by atoms with Gasteiger partial charge in [-0.05, 0) is 44.6 Å². The molecule has 0 radical (unpaired) electrons. The van der Waals surface area contributed by atoms with E-state index in [2.05, 4.69) is 26.1 Å². The van der Waals surface area contributed by atoms with Crippen LogP contribution in [0.4, 0.5) is 0 Å². The molecule has 1 rings (SSSR count). The highest BCUT2D eigenvalue weighted by molar-refractivity contribution is 4.71. The summed E-state index contributed by atoms with van der Waals surface area (Å²) >= 11 is 0. The fourth-order valence-corrected chi connectivity index (χ4v) is 2.32. The first-order chi connectivity index (χ1) is 7.24. The summed E-state index contributed by atoms with van der Waals surface area (Å²) in [6, 6.07) is 0.675. The molecule has 90 valence electrons. The summed E-state index contributed by atoms with van der Waals surface area (Å²) in [6.07, 6.45) is 6.81. The zero-order valence-electron chi connectivity index (χ0n) is 10.6. The van der Waals surface area contributed by atoms with Gasteiger partial charge >= 0.3 is 0 Å². The van der Waals surface area contributed by atoms with Gasteiger partial charge in [0.25, 0.3) is 0 Å². The Morgan fingerprint density at radius 2 is 2.13 bits per heavy atom. The van der Waals surface area contributed by atoms with E-state index < -0.39 is 0 Å². The van der Waals surface area contributed by atoms with Crippen LogP contribution in [0.15, 0.2) is 0 Å². The van der Waals surface area contributed by atoms with Crippen molar-refractivity contribution in [2.45, 2.75) is 65.0 Å². The molecular formula is C13H27NO. The Kier molecular flexibility index (Phi) is 6.26. The van der Waals surface area contributed by atoms with Crippen molar-refractivity contribution in [1.82, 2.24) is 5.32 Å². The molecule has 0 aromatic carbocycles. The van der Waals surface area contributed by atoms with Gasteiger partial charge in [-0.2, -0.15) is 0 Å². The molecule has 2 atom stereocenters. The lowest BCUT2D eigenvalue weighted by molar-refractivity contribution is 0.0109. The third-order valence-corrected chi connectivity index (χ3v) is 3.39. The van der Waals surface area contributed by atoms with Crippen LogP contribution in [0.5, 0.6) is 0 Å². The molecule has 2 unspecified atom stereocenters. The van der Waals surface area contributed by atoms with Crippen LogP contribution in [0, 0.1) is 5.92 Å². The minimum atomic E-state index is 0.524. The van der Waals surface area contributed by atoms with E-state index in [9.17, 15) is 0 Å². The van der Waals surface area contributed by atoms with Crippen molar-refractivity contribution >= 4 is 0 Å². The second kappa shape index (κ2) is 7.24. The largest absolute Gasteiger partial charge is 0.378 e. The number of rotatable bonds is 6. The molecule has 0 bridgehead atoms. The van der Waals surface area contributed by atoms with Crippen LogP contribution in [0.3, 0.4) is 0 Å². The van der Waals surface area contributed by atoms with E-state index in [-0.39, 0.29) is 0 Å². The molecule has 0 aliphatic carbocycles. The smallest absolute Gasteiger partial charge is 0.0587 e. The monoisotopic (exact) mass is 213 g/mol. The lowest BCUT2D eigenvalue weighted by atomic mass is 10.0. The molecule has 0 aromatic heterocycles. The molecule has 1 heterocycles. The normalized spacial score (nSPS) is 24.4. The van der Waals surface area contributed by atoms with Crippen LogP contribution in [-0.2, 0) is 4.74 Å². The Bertz CT molecular complexity index is 153. The van der Waals surface area contributed by atoms with Gasteiger partial charge in [0.05, 0.1) is 6.10 Å². The van der Waals surface area contributed by atoms with Crippen molar-refractivity contribution in [2.24, 2.45) is 5.92 Å². The molecule has 1 aliphatic rings. The van der Waals surface area contributed by atoms with Crippen molar-refractivity contribution in [3.05, 3.63) is 0 Å². The molecule has 15 heavy (non-hydrogen) atoms. The van der Waals surface area contributed by atoms with Gasteiger partial charge in [0.15, 0.2) is 0 Å². The van der Waals surface area contributed by atoms with E-state index in [1.165, 1.54) is 32.1 Å². The quantitative estimate of drug-likeness (QED) is 0.732. The summed E-state index contributed by atoms with van der Waals surface area (Å²) in [4.78, 5) is 0. The SMILES string of the molecule is CCC(NCCC1CCCCO1)C(C)C. The number of hydrogen-bond acceptors (Lipinski definition) is 2. The lowest BCUT2D eigenvalue weighted by Gasteiger charge is -2.25. The van der Waals surface area contributed by atoms with Crippen LogP contribution < -0.4 is 5.32 Å². The standard InChI is InChI=1S/C13H27NO/c1-4-13(11(2)3)14-9-8-12-7-5-6-10-15-12/h11-14H,4-10H2,1-3H3. The number of hydrogen-bond donors (Lipinski definition) is 1. The zero-order chi connectivity index (χ0) is 11.1. The molecule has 0 spiro atoms. The van der Waals surface area contributed by atoms with Crippen LogP contribution in [-0.4, -0.2) is 25.3 Å². The van der Waals surface area contributed by atoms with E-state index in [0.29, 0.717) is 12.1 Å². The van der Waals surface area contributed by atoms with E-state index in [4.69, 9.17) is 4.74 Å². The van der Waals surface area contributed by atoms with Gasteiger partial charge in [0.2, 0.25) is 0 Å². The minimum Gasteiger partial charge on any atom is -0.378 e. The summed E-state index contributed by atoms with van der Waals surface area (Å²) in [5.74, 6) is 0.738. The van der Waals surface area contributed by atoms with E-state index >= 15 is 0 Å². The van der Waals surface area contributed by atoms with Crippen LogP contribution in [0.25, 0.3) is 0 Å². The van der Waals surface area contributed by atoms with Crippen molar-refractivity contribution in [1.29, 1.82) is 0 Å². The predicted molar refractivity (Wildman–Crippen MR) is 65.1 cm³/mol. The summed E-state index contributed by atoms with van der Waals surface area (Å²) in [6.45, 7) is 8.93. The van der Waals surface area contributed by atoms with Gasteiger partial charge in [-0.25, -0.2) is 0 Å². The van der Waals surface area contributed by atoms with E-state index in [1.807, 2.05) is 0 Å². The van der Waals surface area contributed by atoms with Crippen LogP contribution >= 0.6 is 0 Å². The first-order valence-electron chi connectivity index (χ1n) is 6.59. The minimum absolute atomic E-state index is 0.524. The van der Waals surface area contributed by atoms with Crippen molar-refractivity contribution in [3.63, 3.8) is 0 Å². The fourth-order valence-electron chi connectivity index (χ4n) is 2.32. The van der Waals surface area contributed by atoms with E-state index in [1.54, 1.807) is 0 Å². The maximum Gasteiger partial charge on any atom is 0.0587 e. The second-order valence-corrected chi connectivity index (χ2v) is 4.99. The van der Waals surface area contributed by atoms with Crippen LogP contribution in [0.2, 0.25) is 0 Å². The van der Waals surface area contributed by atoms with Gasteiger partial charge in [0, 0.05) is 12.6 Å².